The molecule has 0 atom stereocenters. The van der Waals surface area contributed by atoms with Gasteiger partial charge in [-0.1, -0.05) is 18.5 Å². The zero-order chi connectivity index (χ0) is 18.3. The number of nitrogens with zero attached hydrogens (tertiary/aromatic N) is 2. The molecule has 2 amide bonds. The number of nitrogens with one attached hydrogen (secondary N) is 2. The van der Waals surface area contributed by atoms with Gasteiger partial charge in [0.2, 0.25) is 11.8 Å². The highest BCUT2D eigenvalue weighted by Crippen LogP contribution is 2.26. The van der Waals surface area contributed by atoms with Crippen molar-refractivity contribution in [1.82, 2.24) is 10.2 Å². The van der Waals surface area contributed by atoms with E-state index in [9.17, 15) is 19.7 Å². The molecule has 0 fully saturated rings. The van der Waals surface area contributed by atoms with Crippen LogP contribution in [-0.4, -0.2) is 47.3 Å². The largest absolute Gasteiger partial charge is 0.353 e. The Balaban J connectivity index is 2.68. The minimum Gasteiger partial charge on any atom is -0.353 e. The van der Waals surface area contributed by atoms with Gasteiger partial charge >= 0.3 is 0 Å². The zero-order valence-electron chi connectivity index (χ0n) is 13.8. The first-order chi connectivity index (χ1) is 11.2. The van der Waals surface area contributed by atoms with E-state index in [1.54, 1.807) is 4.90 Å². The summed E-state index contributed by atoms with van der Waals surface area (Å²) < 4.78 is 0. The Morgan fingerprint density at radius 1 is 1.29 bits per heavy atom. The molecule has 0 bridgehead atoms. The van der Waals surface area contributed by atoms with E-state index in [2.05, 4.69) is 10.6 Å². The molecule has 132 valence electrons. The number of nitro benzene ring substituents is 1. The summed E-state index contributed by atoms with van der Waals surface area (Å²) in [4.78, 5) is 35.7. The molecule has 0 aromatic heterocycles. The van der Waals surface area contributed by atoms with E-state index in [0.717, 1.165) is 0 Å². The Kier molecular flexibility index (Phi) is 7.60. The van der Waals surface area contributed by atoms with Crippen LogP contribution in [0.4, 0.5) is 11.4 Å². The van der Waals surface area contributed by atoms with Crippen LogP contribution in [0, 0.1) is 10.1 Å². The molecular weight excluding hydrogens is 336 g/mol. The molecule has 1 aromatic carbocycles. The lowest BCUT2D eigenvalue weighted by Crippen LogP contribution is -2.42. The maximum Gasteiger partial charge on any atom is 0.271 e. The highest BCUT2D eigenvalue weighted by Gasteiger charge is 2.16. The van der Waals surface area contributed by atoms with Gasteiger partial charge < -0.3 is 10.6 Å². The Bertz CT molecular complexity index is 621. The second-order valence-electron chi connectivity index (χ2n) is 5.49. The van der Waals surface area contributed by atoms with Crippen molar-refractivity contribution in [2.45, 2.75) is 26.8 Å². The second kappa shape index (κ2) is 9.19. The van der Waals surface area contributed by atoms with E-state index in [1.165, 1.54) is 18.2 Å². The van der Waals surface area contributed by atoms with Crippen LogP contribution in [0.3, 0.4) is 0 Å². The summed E-state index contributed by atoms with van der Waals surface area (Å²) in [5.74, 6) is -0.579. The monoisotopic (exact) mass is 356 g/mol. The lowest BCUT2D eigenvalue weighted by Gasteiger charge is -2.20. The lowest BCUT2D eigenvalue weighted by atomic mass is 10.2. The molecule has 0 aliphatic rings. The summed E-state index contributed by atoms with van der Waals surface area (Å²) in [6.45, 7) is 6.10. The molecule has 2 N–H and O–H groups in total. The van der Waals surface area contributed by atoms with Gasteiger partial charge in [-0.3, -0.25) is 24.6 Å². The Morgan fingerprint density at radius 3 is 2.46 bits per heavy atom. The van der Waals surface area contributed by atoms with Gasteiger partial charge in [-0.25, -0.2) is 0 Å². The fourth-order valence-electron chi connectivity index (χ4n) is 1.97. The van der Waals surface area contributed by atoms with E-state index in [-0.39, 0.29) is 41.4 Å². The number of non-ortho nitro benzene ring substituents is 1. The molecule has 0 spiro atoms. The fourth-order valence-corrected chi connectivity index (χ4v) is 2.13. The van der Waals surface area contributed by atoms with E-state index < -0.39 is 10.8 Å². The minimum absolute atomic E-state index is 0.0220. The predicted octanol–water partition coefficient (Wildman–Crippen LogP) is 2.03. The number of halogens is 1. The normalized spacial score (nSPS) is 10.8. The smallest absolute Gasteiger partial charge is 0.271 e. The minimum atomic E-state index is -0.569. The first-order valence-electron chi connectivity index (χ1n) is 7.48. The van der Waals surface area contributed by atoms with Crippen LogP contribution in [0.5, 0.6) is 0 Å². The number of rotatable bonds is 8. The molecule has 1 aromatic rings. The number of amides is 2. The maximum absolute atomic E-state index is 12.1. The van der Waals surface area contributed by atoms with Crippen molar-refractivity contribution >= 4 is 34.8 Å². The number of likely N-dealkylation sites (N-methyl/N-ethyl adjacent to an activating group) is 1. The molecular formula is C15H21ClN4O4. The highest BCUT2D eigenvalue weighted by atomic mass is 35.5. The first kappa shape index (κ1) is 19.9. The first-order valence-corrected chi connectivity index (χ1v) is 7.86. The van der Waals surface area contributed by atoms with Crippen LogP contribution in [0.15, 0.2) is 18.2 Å². The Morgan fingerprint density at radius 2 is 1.92 bits per heavy atom. The summed E-state index contributed by atoms with van der Waals surface area (Å²) in [6, 6.07) is 3.83. The van der Waals surface area contributed by atoms with Gasteiger partial charge in [0.15, 0.2) is 0 Å². The maximum atomic E-state index is 12.1. The van der Waals surface area contributed by atoms with Crippen LogP contribution >= 0.6 is 11.6 Å². The zero-order valence-corrected chi connectivity index (χ0v) is 14.6. The van der Waals surface area contributed by atoms with Crippen LogP contribution in [0.1, 0.15) is 20.8 Å². The molecule has 0 aliphatic carbocycles. The quantitative estimate of drug-likeness (QED) is 0.547. The van der Waals surface area contributed by atoms with Gasteiger partial charge in [-0.05, 0) is 26.5 Å². The van der Waals surface area contributed by atoms with Gasteiger partial charge in [0.05, 0.1) is 28.7 Å². The Labute approximate surface area is 145 Å². The average molecular weight is 357 g/mol. The lowest BCUT2D eigenvalue weighted by molar-refractivity contribution is -0.384. The molecule has 8 nitrogen and oxygen atoms in total. The number of nitro groups is 1. The van der Waals surface area contributed by atoms with Crippen molar-refractivity contribution in [2.24, 2.45) is 0 Å². The van der Waals surface area contributed by atoms with Crippen molar-refractivity contribution in [3.05, 3.63) is 33.3 Å². The molecule has 0 unspecified atom stereocenters. The summed E-state index contributed by atoms with van der Waals surface area (Å²) in [5.41, 5.74) is -0.00286. The number of carbonyl (C=O) groups is 2. The molecule has 0 heterocycles. The topological polar surface area (TPSA) is 105 Å². The van der Waals surface area contributed by atoms with Crippen LogP contribution in [0.2, 0.25) is 5.02 Å². The van der Waals surface area contributed by atoms with Crippen LogP contribution in [0.25, 0.3) is 0 Å². The number of hydrogen-bond donors (Lipinski definition) is 2. The summed E-state index contributed by atoms with van der Waals surface area (Å²) in [7, 11) is 0. The van der Waals surface area contributed by atoms with Crippen molar-refractivity contribution in [2.75, 3.05) is 25.0 Å². The molecule has 0 radical (unpaired) electrons. The fraction of sp³-hybridized carbons (Fsp3) is 0.467. The van der Waals surface area contributed by atoms with E-state index in [4.69, 9.17) is 11.6 Å². The predicted molar refractivity (Wildman–Crippen MR) is 92.1 cm³/mol. The second-order valence-corrected chi connectivity index (χ2v) is 5.90. The standard InChI is InChI=1S/C15H21ClN4O4/c1-4-19(8-14(21)17-10(2)3)9-15(22)18-13-7-11(20(23)24)5-6-12(13)16/h5-7,10H,4,8-9H2,1-3H3,(H,17,21)(H,18,22). The average Bonchev–Trinajstić information content (AvgIpc) is 2.47. The molecule has 0 aliphatic heterocycles. The molecule has 24 heavy (non-hydrogen) atoms. The summed E-state index contributed by atoms with van der Waals surface area (Å²) in [5, 5.41) is 16.3. The molecule has 0 saturated carbocycles. The molecule has 0 saturated heterocycles. The van der Waals surface area contributed by atoms with Crippen molar-refractivity contribution in [3.8, 4) is 0 Å². The number of carbonyl (C=O) groups excluding carboxylic acids is 2. The van der Waals surface area contributed by atoms with Gasteiger partial charge in [-0.15, -0.1) is 0 Å². The van der Waals surface area contributed by atoms with Crippen molar-refractivity contribution < 1.29 is 14.5 Å². The number of anilines is 1. The van der Waals surface area contributed by atoms with Gasteiger partial charge in [-0.2, -0.15) is 0 Å². The van der Waals surface area contributed by atoms with Crippen LogP contribution in [-0.2, 0) is 9.59 Å². The highest BCUT2D eigenvalue weighted by molar-refractivity contribution is 6.33. The van der Waals surface area contributed by atoms with E-state index >= 15 is 0 Å². The third-order valence-corrected chi connectivity index (χ3v) is 3.40. The van der Waals surface area contributed by atoms with Crippen molar-refractivity contribution in [3.63, 3.8) is 0 Å². The summed E-state index contributed by atoms with van der Waals surface area (Å²) >= 11 is 5.94. The number of benzene rings is 1. The molecule has 9 heteroatoms. The molecule has 1 rings (SSSR count). The SMILES string of the molecule is CCN(CC(=O)Nc1cc([N+](=O)[O-])ccc1Cl)CC(=O)NC(C)C. The van der Waals surface area contributed by atoms with Crippen LogP contribution < -0.4 is 10.6 Å². The van der Waals surface area contributed by atoms with E-state index in [1.807, 2.05) is 20.8 Å². The summed E-state index contributed by atoms with van der Waals surface area (Å²) in [6.07, 6.45) is 0. The van der Waals surface area contributed by atoms with Gasteiger partial charge in [0.1, 0.15) is 0 Å². The van der Waals surface area contributed by atoms with E-state index in [0.29, 0.717) is 6.54 Å². The third kappa shape index (κ3) is 6.51. The van der Waals surface area contributed by atoms with Crippen molar-refractivity contribution in [1.29, 1.82) is 0 Å². The Hall–Kier alpha value is -2.19. The van der Waals surface area contributed by atoms with Gasteiger partial charge in [0, 0.05) is 18.2 Å². The number of hydrogen-bond acceptors (Lipinski definition) is 5. The van der Waals surface area contributed by atoms with Gasteiger partial charge in [0.25, 0.3) is 5.69 Å². The third-order valence-electron chi connectivity index (χ3n) is 3.07.